The Kier molecular flexibility index (Phi) is 13.7. The van der Waals surface area contributed by atoms with E-state index in [1.165, 1.54) is 0 Å². The zero-order chi connectivity index (χ0) is 41.8. The van der Waals surface area contributed by atoms with Crippen LogP contribution in [0.5, 0.6) is 46.0 Å². The Hall–Kier alpha value is -6.33. The molecule has 2 aliphatic heterocycles. The van der Waals surface area contributed by atoms with Crippen molar-refractivity contribution in [1.29, 1.82) is 0 Å². The van der Waals surface area contributed by atoms with Gasteiger partial charge in [0, 0.05) is 52.8 Å². The van der Waals surface area contributed by atoms with Crippen LogP contribution in [-0.2, 0) is 4.79 Å². The third kappa shape index (κ3) is 9.53. The summed E-state index contributed by atoms with van der Waals surface area (Å²) in [5.41, 5.74) is 9.44. The van der Waals surface area contributed by atoms with Crippen molar-refractivity contribution in [3.05, 3.63) is 165 Å². The first-order valence-electron chi connectivity index (χ1n) is 18.9. The van der Waals surface area contributed by atoms with Crippen LogP contribution in [0.3, 0.4) is 0 Å². The number of rotatable bonds is 4. The highest BCUT2D eigenvalue weighted by Crippen LogP contribution is 2.51. The van der Waals surface area contributed by atoms with E-state index in [4.69, 9.17) is 19.4 Å². The van der Waals surface area contributed by atoms with Crippen molar-refractivity contribution in [3.63, 3.8) is 0 Å². The normalized spacial score (nSPS) is 17.4. The molecule has 308 valence electrons. The topological polar surface area (TPSA) is 177 Å². The third-order valence-electron chi connectivity index (χ3n) is 10.9. The Labute approximate surface area is 354 Å². The maximum absolute atomic E-state index is 10.1. The van der Waals surface area contributed by atoms with Crippen LogP contribution in [-0.4, -0.2) is 54.9 Å². The van der Waals surface area contributed by atoms with Crippen LogP contribution in [0, 0.1) is 27.7 Å². The van der Waals surface area contributed by atoms with Crippen molar-refractivity contribution >= 4 is 23.0 Å². The summed E-state index contributed by atoms with van der Waals surface area (Å²) in [7, 11) is 0. The monoisotopic (exact) mass is 864 g/mol. The molecule has 0 radical (unpaired) electrons. The van der Waals surface area contributed by atoms with Gasteiger partial charge in [-0.15, -0.1) is 17.0 Å². The van der Waals surface area contributed by atoms with Crippen LogP contribution in [0.15, 0.2) is 109 Å². The van der Waals surface area contributed by atoms with Crippen LogP contribution < -0.4 is 9.47 Å². The molecule has 11 heteroatoms. The van der Waals surface area contributed by atoms with E-state index in [0.717, 1.165) is 74.1 Å². The summed E-state index contributed by atoms with van der Waals surface area (Å²) < 4.78 is 12.1. The predicted molar refractivity (Wildman–Crippen MR) is 231 cm³/mol. The standard InChI is InChI=1S/2C23H22O4.C2H4O2.BrH/c2*1-13-11-16(5-9-20(13)25)22-18-8-10-21(26)14(2)23(18)27-12-19(22)15-3-6-17(24)7-4-15;1-2(3)4;/h2*3-11,19,22,24-26H,12H2,1-2H3;1H3,(H,3,4);1H. The second-order valence-corrected chi connectivity index (χ2v) is 14.8. The van der Waals surface area contributed by atoms with Gasteiger partial charge in [0.05, 0.1) is 13.2 Å². The lowest BCUT2D eigenvalue weighted by molar-refractivity contribution is -0.134. The molecular weight excluding hydrogens is 816 g/mol. The van der Waals surface area contributed by atoms with Gasteiger partial charge in [-0.25, -0.2) is 0 Å². The van der Waals surface area contributed by atoms with Gasteiger partial charge in [0.25, 0.3) is 5.97 Å². The van der Waals surface area contributed by atoms with Crippen LogP contribution in [0.25, 0.3) is 0 Å². The largest absolute Gasteiger partial charge is 0.508 e. The number of aromatic hydroxyl groups is 6. The Morgan fingerprint density at radius 1 is 0.492 bits per heavy atom. The summed E-state index contributed by atoms with van der Waals surface area (Å²) in [5.74, 6) is 2.17. The summed E-state index contributed by atoms with van der Waals surface area (Å²) in [6.45, 7) is 9.50. The summed E-state index contributed by atoms with van der Waals surface area (Å²) in [5, 5.41) is 66.8. The fourth-order valence-electron chi connectivity index (χ4n) is 7.84. The van der Waals surface area contributed by atoms with Gasteiger partial charge in [0.2, 0.25) is 0 Å². The molecule has 0 aromatic heterocycles. The van der Waals surface area contributed by atoms with E-state index < -0.39 is 5.97 Å². The summed E-state index contributed by atoms with van der Waals surface area (Å²) in [4.78, 5) is 9.00. The molecular formula is C48H49BrO10. The minimum absolute atomic E-state index is 0. The van der Waals surface area contributed by atoms with E-state index in [1.807, 2.05) is 88.4 Å². The number of carboxylic acid groups (broad SMARTS) is 1. The Bertz CT molecular complexity index is 2260. The van der Waals surface area contributed by atoms with Crippen molar-refractivity contribution < 1.29 is 50.0 Å². The average Bonchev–Trinajstić information content (AvgIpc) is 3.20. The number of carboxylic acids is 1. The molecule has 2 heterocycles. The zero-order valence-electron chi connectivity index (χ0n) is 33.4. The second kappa shape index (κ2) is 18.5. The lowest BCUT2D eigenvalue weighted by Crippen LogP contribution is -2.25. The van der Waals surface area contributed by atoms with Crippen molar-refractivity contribution in [2.75, 3.05) is 13.2 Å². The molecule has 0 fully saturated rings. The molecule has 4 atom stereocenters. The van der Waals surface area contributed by atoms with E-state index in [9.17, 15) is 30.6 Å². The number of fused-ring (bicyclic) bond motifs is 2. The SMILES string of the molecule is Br.CC(=O)O.Cc1cc(C2c3ccc(O)c(C)c3OCC2c2ccc(O)cc2)ccc1O.Cc1cc(C2c3ccc(O)c(C)c3OCC2c2ccc(O)cc2)ccc1O. The highest BCUT2D eigenvalue weighted by Gasteiger charge is 2.36. The van der Waals surface area contributed by atoms with Crippen molar-refractivity contribution in [2.24, 2.45) is 0 Å². The van der Waals surface area contributed by atoms with Crippen molar-refractivity contribution in [3.8, 4) is 46.0 Å². The molecule has 7 N–H and O–H groups in total. The number of carbonyl (C=O) groups is 1. The smallest absolute Gasteiger partial charge is 0.300 e. The maximum atomic E-state index is 10.1. The first-order chi connectivity index (χ1) is 27.6. The fraction of sp³-hybridized carbons (Fsp3) is 0.229. The van der Waals surface area contributed by atoms with E-state index >= 15 is 0 Å². The number of aryl methyl sites for hydroxylation is 2. The molecule has 0 saturated carbocycles. The summed E-state index contributed by atoms with van der Waals surface area (Å²) in [6, 6.07) is 33.0. The van der Waals surface area contributed by atoms with Crippen LogP contribution in [0.1, 0.15) is 86.2 Å². The lowest BCUT2D eigenvalue weighted by atomic mass is 9.75. The maximum Gasteiger partial charge on any atom is 0.300 e. The van der Waals surface area contributed by atoms with Crippen molar-refractivity contribution in [1.82, 2.24) is 0 Å². The minimum atomic E-state index is -0.833. The Morgan fingerprint density at radius 2 is 0.797 bits per heavy atom. The minimum Gasteiger partial charge on any atom is -0.508 e. The Balaban J connectivity index is 0.000000203. The van der Waals surface area contributed by atoms with Gasteiger partial charge >= 0.3 is 0 Å². The highest BCUT2D eigenvalue weighted by atomic mass is 79.9. The number of halogens is 1. The number of phenolic OH excluding ortho intramolecular Hbond substituents is 6. The molecule has 6 aromatic carbocycles. The van der Waals surface area contributed by atoms with Crippen molar-refractivity contribution in [2.45, 2.75) is 58.3 Å². The number of benzene rings is 6. The summed E-state index contributed by atoms with van der Waals surface area (Å²) >= 11 is 0. The van der Waals surface area contributed by atoms with E-state index in [2.05, 4.69) is 0 Å². The Morgan fingerprint density at radius 3 is 1.12 bits per heavy atom. The van der Waals surface area contributed by atoms with E-state index in [0.29, 0.717) is 13.2 Å². The fourth-order valence-corrected chi connectivity index (χ4v) is 7.84. The molecule has 0 aliphatic carbocycles. The average molecular weight is 866 g/mol. The van der Waals surface area contributed by atoms with E-state index in [-0.39, 0.29) is 75.2 Å². The third-order valence-corrected chi connectivity index (χ3v) is 10.9. The molecule has 10 nitrogen and oxygen atoms in total. The second-order valence-electron chi connectivity index (χ2n) is 14.8. The van der Waals surface area contributed by atoms with Gasteiger partial charge in [-0.1, -0.05) is 60.7 Å². The molecule has 8 rings (SSSR count). The number of phenols is 6. The molecule has 0 amide bonds. The van der Waals surface area contributed by atoms with E-state index in [1.54, 1.807) is 48.5 Å². The van der Waals surface area contributed by atoms with Crippen LogP contribution in [0.2, 0.25) is 0 Å². The molecule has 0 bridgehead atoms. The summed E-state index contributed by atoms with van der Waals surface area (Å²) in [6.07, 6.45) is 0. The first kappa shape index (κ1) is 43.8. The van der Waals surface area contributed by atoms with Gasteiger partial charge in [-0.2, -0.15) is 0 Å². The van der Waals surface area contributed by atoms with Gasteiger partial charge in [-0.3, -0.25) is 4.79 Å². The van der Waals surface area contributed by atoms with Gasteiger partial charge in [0.1, 0.15) is 46.0 Å². The highest BCUT2D eigenvalue weighted by molar-refractivity contribution is 8.93. The molecule has 59 heavy (non-hydrogen) atoms. The van der Waals surface area contributed by atoms with Crippen LogP contribution >= 0.6 is 17.0 Å². The lowest BCUT2D eigenvalue weighted by Gasteiger charge is -2.35. The number of aliphatic carboxylic acids is 1. The number of hydrogen-bond acceptors (Lipinski definition) is 9. The van der Waals surface area contributed by atoms with Gasteiger partial charge < -0.3 is 45.2 Å². The zero-order valence-corrected chi connectivity index (χ0v) is 35.1. The molecule has 2 aliphatic rings. The molecule has 0 saturated heterocycles. The quantitative estimate of drug-likeness (QED) is 0.0903. The molecule has 6 aromatic rings. The first-order valence-corrected chi connectivity index (χ1v) is 18.9. The van der Waals surface area contributed by atoms with Crippen LogP contribution in [0.4, 0.5) is 0 Å². The molecule has 0 spiro atoms. The van der Waals surface area contributed by atoms with Gasteiger partial charge in [0.15, 0.2) is 0 Å². The number of hydrogen-bond donors (Lipinski definition) is 7. The number of ether oxygens (including phenoxy) is 2. The predicted octanol–water partition coefficient (Wildman–Crippen LogP) is 10.1. The molecule has 4 unspecified atom stereocenters. The van der Waals surface area contributed by atoms with Gasteiger partial charge in [-0.05, 0) is 110 Å².